The molecule has 0 spiro atoms. The zero-order chi connectivity index (χ0) is 14.6. The van der Waals surface area contributed by atoms with Gasteiger partial charge in [0.05, 0.1) is 12.1 Å². The molecule has 0 amide bonds. The van der Waals surface area contributed by atoms with Crippen molar-refractivity contribution in [3.63, 3.8) is 0 Å². The van der Waals surface area contributed by atoms with Gasteiger partial charge >= 0.3 is 0 Å². The number of thioether (sulfide) groups is 1. The zero-order valence-electron chi connectivity index (χ0n) is 12.4. The third-order valence-electron chi connectivity index (χ3n) is 4.12. The van der Waals surface area contributed by atoms with E-state index in [0.29, 0.717) is 18.7 Å². The zero-order valence-corrected chi connectivity index (χ0v) is 13.2. The Balaban J connectivity index is 2.07. The molecule has 0 bridgehead atoms. The Morgan fingerprint density at radius 3 is 3.05 bits per heavy atom. The quantitative estimate of drug-likeness (QED) is 0.831. The summed E-state index contributed by atoms with van der Waals surface area (Å²) < 4.78 is 5.40. The van der Waals surface area contributed by atoms with Crippen LogP contribution in [-0.2, 0) is 6.42 Å². The third kappa shape index (κ3) is 3.53. The second-order valence-electron chi connectivity index (χ2n) is 5.79. The van der Waals surface area contributed by atoms with Crippen LogP contribution in [-0.4, -0.2) is 40.1 Å². The summed E-state index contributed by atoms with van der Waals surface area (Å²) in [5, 5.41) is 13.1. The lowest BCUT2D eigenvalue weighted by Gasteiger charge is -2.29. The first-order valence-corrected chi connectivity index (χ1v) is 8.21. The largest absolute Gasteiger partial charge is 0.339 e. The van der Waals surface area contributed by atoms with E-state index in [-0.39, 0.29) is 11.5 Å². The van der Waals surface area contributed by atoms with Crippen LogP contribution in [0.25, 0.3) is 0 Å². The van der Waals surface area contributed by atoms with Crippen LogP contribution in [0.4, 0.5) is 0 Å². The predicted molar refractivity (Wildman–Crippen MR) is 79.3 cm³/mol. The molecule has 1 aromatic heterocycles. The Morgan fingerprint density at radius 2 is 2.40 bits per heavy atom. The van der Waals surface area contributed by atoms with Crippen molar-refractivity contribution in [1.82, 2.24) is 15.0 Å². The normalized spacial score (nSPS) is 23.2. The fourth-order valence-electron chi connectivity index (χ4n) is 2.30. The number of nitriles is 1. The third-order valence-corrected chi connectivity index (χ3v) is 5.14. The molecule has 1 fully saturated rings. The minimum atomic E-state index is -0.0776. The van der Waals surface area contributed by atoms with Gasteiger partial charge in [0.1, 0.15) is 0 Å². The van der Waals surface area contributed by atoms with Gasteiger partial charge in [0.25, 0.3) is 0 Å². The summed E-state index contributed by atoms with van der Waals surface area (Å²) in [5.74, 6) is 3.61. The Kier molecular flexibility index (Phi) is 5.06. The number of aromatic nitrogens is 2. The highest BCUT2D eigenvalue weighted by Crippen LogP contribution is 2.31. The van der Waals surface area contributed by atoms with Crippen LogP contribution < -0.4 is 0 Å². The maximum atomic E-state index is 8.93. The van der Waals surface area contributed by atoms with E-state index in [1.165, 1.54) is 0 Å². The molecule has 5 nitrogen and oxygen atoms in total. The summed E-state index contributed by atoms with van der Waals surface area (Å²) in [6.07, 6.45) is 2.12. The lowest BCUT2D eigenvalue weighted by atomic mass is 9.81. The van der Waals surface area contributed by atoms with Crippen molar-refractivity contribution in [2.75, 3.05) is 25.1 Å². The molecule has 1 aliphatic heterocycles. The number of hydrogen-bond donors (Lipinski definition) is 0. The molecule has 0 N–H and O–H groups in total. The van der Waals surface area contributed by atoms with Gasteiger partial charge in [-0.1, -0.05) is 19.0 Å². The van der Waals surface area contributed by atoms with Crippen LogP contribution in [0.3, 0.4) is 0 Å². The van der Waals surface area contributed by atoms with Gasteiger partial charge in [0.15, 0.2) is 5.82 Å². The highest BCUT2D eigenvalue weighted by Gasteiger charge is 2.29. The highest BCUT2D eigenvalue weighted by molar-refractivity contribution is 7.99. The standard InChI is InChI=1S/C14H22N4OS/c1-4-14(2,5-6-15)9-12-16-13(17-19-12)11-10-20-8-7-18(11)3/h11H,4-5,7-10H2,1-3H3. The first kappa shape index (κ1) is 15.3. The summed E-state index contributed by atoms with van der Waals surface area (Å²) in [6.45, 7) is 5.25. The Bertz CT molecular complexity index is 484. The minimum absolute atomic E-state index is 0.0776. The number of rotatable bonds is 5. The van der Waals surface area contributed by atoms with Gasteiger partial charge in [0.2, 0.25) is 5.89 Å². The van der Waals surface area contributed by atoms with Gasteiger partial charge in [0, 0.05) is 30.9 Å². The molecule has 0 aromatic carbocycles. The van der Waals surface area contributed by atoms with Crippen molar-refractivity contribution in [3.05, 3.63) is 11.7 Å². The molecule has 0 saturated carbocycles. The lowest BCUT2D eigenvalue weighted by Crippen LogP contribution is -2.33. The van der Waals surface area contributed by atoms with Crippen LogP contribution in [0.2, 0.25) is 0 Å². The van der Waals surface area contributed by atoms with E-state index in [1.54, 1.807) is 0 Å². The van der Waals surface area contributed by atoms with Gasteiger partial charge in [-0.05, 0) is 18.9 Å². The van der Waals surface area contributed by atoms with Crippen molar-refractivity contribution in [3.8, 4) is 6.07 Å². The summed E-state index contributed by atoms with van der Waals surface area (Å²) >= 11 is 1.93. The second-order valence-corrected chi connectivity index (χ2v) is 6.94. The monoisotopic (exact) mass is 294 g/mol. The van der Waals surface area contributed by atoms with Crippen molar-refractivity contribution >= 4 is 11.8 Å². The van der Waals surface area contributed by atoms with E-state index >= 15 is 0 Å². The van der Waals surface area contributed by atoms with Gasteiger partial charge in [-0.25, -0.2) is 0 Å². The molecule has 1 saturated heterocycles. The second kappa shape index (κ2) is 6.59. The van der Waals surface area contributed by atoms with Gasteiger partial charge in [-0.2, -0.15) is 22.0 Å². The van der Waals surface area contributed by atoms with E-state index in [2.05, 4.69) is 42.0 Å². The van der Waals surface area contributed by atoms with Crippen molar-refractivity contribution < 1.29 is 4.52 Å². The van der Waals surface area contributed by atoms with Crippen molar-refractivity contribution in [1.29, 1.82) is 5.26 Å². The summed E-state index contributed by atoms with van der Waals surface area (Å²) in [7, 11) is 2.10. The average Bonchev–Trinajstić information content (AvgIpc) is 2.87. The first-order chi connectivity index (χ1) is 9.58. The molecule has 1 aromatic rings. The fraction of sp³-hybridized carbons (Fsp3) is 0.786. The highest BCUT2D eigenvalue weighted by atomic mass is 32.2. The summed E-state index contributed by atoms with van der Waals surface area (Å²) in [5.41, 5.74) is -0.0776. The summed E-state index contributed by atoms with van der Waals surface area (Å²) in [4.78, 5) is 6.83. The molecule has 20 heavy (non-hydrogen) atoms. The molecule has 6 heteroatoms. The smallest absolute Gasteiger partial charge is 0.227 e. The van der Waals surface area contributed by atoms with Crippen LogP contribution in [0.15, 0.2) is 4.52 Å². The van der Waals surface area contributed by atoms with Crippen molar-refractivity contribution in [2.45, 2.75) is 39.2 Å². The molecule has 2 heterocycles. The molecule has 2 atom stereocenters. The molecular weight excluding hydrogens is 272 g/mol. The molecule has 2 rings (SSSR count). The maximum Gasteiger partial charge on any atom is 0.227 e. The minimum Gasteiger partial charge on any atom is -0.339 e. The van der Waals surface area contributed by atoms with Gasteiger partial charge < -0.3 is 4.52 Å². The van der Waals surface area contributed by atoms with E-state index in [4.69, 9.17) is 9.78 Å². The lowest BCUT2D eigenvalue weighted by molar-refractivity contribution is 0.250. The van der Waals surface area contributed by atoms with E-state index in [0.717, 1.165) is 30.3 Å². The average molecular weight is 294 g/mol. The summed E-state index contributed by atoms with van der Waals surface area (Å²) in [6, 6.07) is 2.50. The molecule has 0 radical (unpaired) electrons. The topological polar surface area (TPSA) is 66.0 Å². The Morgan fingerprint density at radius 1 is 1.60 bits per heavy atom. The van der Waals surface area contributed by atoms with Crippen LogP contribution in [0, 0.1) is 16.7 Å². The molecular formula is C14H22N4OS. The maximum absolute atomic E-state index is 8.93. The number of nitrogens with zero attached hydrogens (tertiary/aromatic N) is 4. The number of hydrogen-bond acceptors (Lipinski definition) is 6. The van der Waals surface area contributed by atoms with Crippen molar-refractivity contribution in [2.24, 2.45) is 5.41 Å². The van der Waals surface area contributed by atoms with E-state index < -0.39 is 0 Å². The SMILES string of the molecule is CCC(C)(CC#N)Cc1nc(C2CSCCN2C)no1. The molecule has 110 valence electrons. The van der Waals surface area contributed by atoms with Crippen LogP contribution in [0.1, 0.15) is 44.4 Å². The van der Waals surface area contributed by atoms with Gasteiger partial charge in [-0.15, -0.1) is 0 Å². The molecule has 0 aliphatic carbocycles. The molecule has 2 unspecified atom stereocenters. The fourth-order valence-corrected chi connectivity index (χ4v) is 3.51. The van der Waals surface area contributed by atoms with Crippen LogP contribution in [0.5, 0.6) is 0 Å². The molecule has 1 aliphatic rings. The Hall–Kier alpha value is -1.06. The van der Waals surface area contributed by atoms with Crippen LogP contribution >= 0.6 is 11.8 Å². The first-order valence-electron chi connectivity index (χ1n) is 7.05. The van der Waals surface area contributed by atoms with Gasteiger partial charge in [-0.3, -0.25) is 4.90 Å². The predicted octanol–water partition coefficient (Wildman–Crippen LogP) is 2.66. The van der Waals surface area contributed by atoms with E-state index in [1.807, 2.05) is 11.8 Å². The Labute approximate surface area is 124 Å². The van der Waals surface area contributed by atoms with E-state index in [9.17, 15) is 0 Å².